The normalized spacial score (nSPS) is 11.3. The van der Waals surface area contributed by atoms with Crippen LogP contribution < -0.4 is 9.62 Å². The summed E-state index contributed by atoms with van der Waals surface area (Å²) in [6.45, 7) is 1.38. The lowest BCUT2D eigenvalue weighted by Crippen LogP contribution is -2.37. The van der Waals surface area contributed by atoms with Gasteiger partial charge in [-0.1, -0.05) is 52.7 Å². The first-order valence-electron chi connectivity index (χ1n) is 8.26. The monoisotopic (exact) mass is 470 g/mol. The summed E-state index contributed by atoms with van der Waals surface area (Å²) in [7, 11) is -3.71. The van der Waals surface area contributed by atoms with Crippen LogP contribution in [0.3, 0.4) is 0 Å². The Hall–Kier alpha value is -2.20. The van der Waals surface area contributed by atoms with Gasteiger partial charge in [0.25, 0.3) is 0 Å². The molecule has 29 heavy (non-hydrogen) atoms. The SMILES string of the molecule is Cc1ccc(N(CC(=O)Nc2nnc(-c3ccc(Cl)cc3)s2)S(C)(=O)=O)cc1Cl. The fraction of sp³-hybridized carbons (Fsp3) is 0.167. The summed E-state index contributed by atoms with van der Waals surface area (Å²) in [6.07, 6.45) is 1.03. The molecule has 3 rings (SSSR count). The predicted molar refractivity (Wildman–Crippen MR) is 117 cm³/mol. The molecule has 1 heterocycles. The number of hydrogen-bond donors (Lipinski definition) is 1. The molecule has 0 radical (unpaired) electrons. The molecule has 1 aromatic heterocycles. The maximum absolute atomic E-state index is 12.5. The second-order valence-corrected chi connectivity index (χ2v) is 9.90. The number of halogens is 2. The number of carbonyl (C=O) groups is 1. The highest BCUT2D eigenvalue weighted by Gasteiger charge is 2.22. The first-order valence-corrected chi connectivity index (χ1v) is 11.7. The number of anilines is 2. The van der Waals surface area contributed by atoms with Crippen LogP contribution in [0.2, 0.25) is 10.0 Å². The summed E-state index contributed by atoms with van der Waals surface area (Å²) in [4.78, 5) is 12.5. The largest absolute Gasteiger partial charge is 0.299 e. The van der Waals surface area contributed by atoms with Crippen molar-refractivity contribution in [3.63, 3.8) is 0 Å². The maximum Gasteiger partial charge on any atom is 0.246 e. The van der Waals surface area contributed by atoms with Gasteiger partial charge in [-0.05, 0) is 36.8 Å². The van der Waals surface area contributed by atoms with Crippen molar-refractivity contribution < 1.29 is 13.2 Å². The number of carbonyl (C=O) groups excluding carboxylic acids is 1. The average Bonchev–Trinajstić information content (AvgIpc) is 3.10. The molecule has 7 nitrogen and oxygen atoms in total. The summed E-state index contributed by atoms with van der Waals surface area (Å²) in [5.74, 6) is -0.550. The molecule has 3 aromatic rings. The molecule has 0 atom stereocenters. The minimum absolute atomic E-state index is 0.260. The van der Waals surface area contributed by atoms with Crippen molar-refractivity contribution in [2.24, 2.45) is 0 Å². The van der Waals surface area contributed by atoms with Gasteiger partial charge in [-0.3, -0.25) is 14.4 Å². The molecule has 1 N–H and O–H groups in total. The predicted octanol–water partition coefficient (Wildman–Crippen LogP) is 4.23. The van der Waals surface area contributed by atoms with E-state index in [-0.39, 0.29) is 5.13 Å². The van der Waals surface area contributed by atoms with Gasteiger partial charge in [0.15, 0.2) is 0 Å². The van der Waals surface area contributed by atoms with Crippen LogP contribution in [0.4, 0.5) is 10.8 Å². The summed E-state index contributed by atoms with van der Waals surface area (Å²) in [5, 5.41) is 12.4. The molecular formula is C18H16Cl2N4O3S2. The second-order valence-electron chi connectivity index (χ2n) is 6.17. The number of rotatable bonds is 6. The Balaban J connectivity index is 1.75. The zero-order valence-corrected chi connectivity index (χ0v) is 18.5. The molecule has 2 aromatic carbocycles. The number of sulfonamides is 1. The van der Waals surface area contributed by atoms with E-state index in [0.717, 1.165) is 21.7 Å². The molecule has 0 aliphatic heterocycles. The van der Waals surface area contributed by atoms with Gasteiger partial charge in [0.1, 0.15) is 11.6 Å². The van der Waals surface area contributed by atoms with Crippen molar-refractivity contribution in [1.82, 2.24) is 10.2 Å². The third-order valence-corrected chi connectivity index (χ3v) is 6.58. The van der Waals surface area contributed by atoms with Gasteiger partial charge in [-0.2, -0.15) is 0 Å². The Morgan fingerprint density at radius 3 is 2.45 bits per heavy atom. The summed E-state index contributed by atoms with van der Waals surface area (Å²) in [6, 6.07) is 11.8. The maximum atomic E-state index is 12.5. The highest BCUT2D eigenvalue weighted by Crippen LogP contribution is 2.28. The van der Waals surface area contributed by atoms with E-state index in [4.69, 9.17) is 23.2 Å². The highest BCUT2D eigenvalue weighted by molar-refractivity contribution is 7.92. The standard InChI is InChI=1S/C18H16Cl2N4O3S2/c1-11-3-8-14(9-15(11)20)24(29(2,26)27)10-16(25)21-18-23-22-17(28-18)12-4-6-13(19)7-5-12/h3-9H,10H2,1-2H3,(H,21,23,25). The second kappa shape index (κ2) is 8.66. The van der Waals surface area contributed by atoms with Crippen LogP contribution >= 0.6 is 34.5 Å². The van der Waals surface area contributed by atoms with Crippen LogP contribution in [0, 0.1) is 6.92 Å². The molecule has 0 aliphatic carbocycles. The summed E-state index contributed by atoms with van der Waals surface area (Å²) < 4.78 is 25.4. The van der Waals surface area contributed by atoms with Gasteiger partial charge in [0, 0.05) is 15.6 Å². The quantitative estimate of drug-likeness (QED) is 0.581. The molecule has 0 saturated heterocycles. The van der Waals surface area contributed by atoms with E-state index in [2.05, 4.69) is 15.5 Å². The van der Waals surface area contributed by atoms with Crippen molar-refractivity contribution in [1.29, 1.82) is 0 Å². The number of nitrogens with zero attached hydrogens (tertiary/aromatic N) is 3. The molecule has 0 unspecified atom stereocenters. The Labute approximate surface area is 182 Å². The Morgan fingerprint density at radius 2 is 1.83 bits per heavy atom. The van der Waals surface area contributed by atoms with E-state index in [0.29, 0.717) is 20.7 Å². The molecular weight excluding hydrogens is 455 g/mol. The average molecular weight is 471 g/mol. The molecule has 0 saturated carbocycles. The van der Waals surface area contributed by atoms with Crippen LogP contribution in [0.25, 0.3) is 10.6 Å². The minimum Gasteiger partial charge on any atom is -0.299 e. The molecule has 11 heteroatoms. The first kappa shape index (κ1) is 21.5. The smallest absolute Gasteiger partial charge is 0.246 e. The number of benzene rings is 2. The third kappa shape index (κ3) is 5.45. The van der Waals surface area contributed by atoms with Crippen molar-refractivity contribution in [3.05, 3.63) is 58.1 Å². The van der Waals surface area contributed by atoms with Gasteiger partial charge in [-0.15, -0.1) is 10.2 Å². The number of aromatic nitrogens is 2. The molecule has 152 valence electrons. The van der Waals surface area contributed by atoms with E-state index in [1.54, 1.807) is 43.3 Å². The Kier molecular flexibility index (Phi) is 6.42. The fourth-order valence-corrected chi connectivity index (χ4v) is 4.32. The number of hydrogen-bond acceptors (Lipinski definition) is 6. The van der Waals surface area contributed by atoms with Crippen molar-refractivity contribution in [3.8, 4) is 10.6 Å². The van der Waals surface area contributed by atoms with Crippen molar-refractivity contribution >= 4 is 61.3 Å². The van der Waals surface area contributed by atoms with Gasteiger partial charge in [0.05, 0.1) is 11.9 Å². The number of nitrogens with one attached hydrogen (secondary N) is 1. The van der Waals surface area contributed by atoms with Crippen molar-refractivity contribution in [2.75, 3.05) is 22.4 Å². The zero-order valence-electron chi connectivity index (χ0n) is 15.4. The summed E-state index contributed by atoms with van der Waals surface area (Å²) >= 11 is 13.1. The summed E-state index contributed by atoms with van der Waals surface area (Å²) in [5.41, 5.74) is 1.91. The Bertz CT molecular complexity index is 1150. The molecule has 0 fully saturated rings. The Morgan fingerprint density at radius 1 is 1.14 bits per heavy atom. The van der Waals surface area contributed by atoms with E-state index >= 15 is 0 Å². The molecule has 0 spiro atoms. The lowest BCUT2D eigenvalue weighted by atomic mass is 10.2. The van der Waals surface area contributed by atoms with Crippen LogP contribution in [-0.4, -0.2) is 37.3 Å². The first-order chi connectivity index (χ1) is 13.6. The number of amides is 1. The lowest BCUT2D eigenvalue weighted by molar-refractivity contribution is -0.114. The van der Waals surface area contributed by atoms with Crippen LogP contribution in [0.15, 0.2) is 42.5 Å². The van der Waals surface area contributed by atoms with E-state index in [9.17, 15) is 13.2 Å². The zero-order chi connectivity index (χ0) is 21.2. The van der Waals surface area contributed by atoms with Crippen LogP contribution in [0.1, 0.15) is 5.56 Å². The van der Waals surface area contributed by atoms with E-state index in [1.807, 2.05) is 0 Å². The van der Waals surface area contributed by atoms with Gasteiger partial charge in [0.2, 0.25) is 21.1 Å². The number of aryl methyl sites for hydroxylation is 1. The van der Waals surface area contributed by atoms with Gasteiger partial charge < -0.3 is 0 Å². The highest BCUT2D eigenvalue weighted by atomic mass is 35.5. The fourth-order valence-electron chi connectivity index (χ4n) is 2.41. The van der Waals surface area contributed by atoms with Gasteiger partial charge in [-0.25, -0.2) is 8.42 Å². The van der Waals surface area contributed by atoms with Crippen LogP contribution in [-0.2, 0) is 14.8 Å². The van der Waals surface area contributed by atoms with Gasteiger partial charge >= 0.3 is 0 Å². The van der Waals surface area contributed by atoms with Crippen molar-refractivity contribution in [2.45, 2.75) is 6.92 Å². The van der Waals surface area contributed by atoms with E-state index < -0.39 is 22.5 Å². The third-order valence-electron chi connectivity index (χ3n) is 3.89. The topological polar surface area (TPSA) is 92.3 Å². The molecule has 1 amide bonds. The molecule has 0 bridgehead atoms. The van der Waals surface area contributed by atoms with E-state index in [1.165, 1.54) is 17.4 Å². The lowest BCUT2D eigenvalue weighted by Gasteiger charge is -2.22. The minimum atomic E-state index is -3.71. The molecule has 0 aliphatic rings. The van der Waals surface area contributed by atoms with Crippen LogP contribution in [0.5, 0.6) is 0 Å².